The summed E-state index contributed by atoms with van der Waals surface area (Å²) in [5.74, 6) is 1.45. The molecule has 7 nitrogen and oxygen atoms in total. The third kappa shape index (κ3) is 4.66. The Morgan fingerprint density at radius 2 is 1.75 bits per heavy atom. The second kappa shape index (κ2) is 9.94. The van der Waals surface area contributed by atoms with Crippen molar-refractivity contribution in [3.63, 3.8) is 0 Å². The molecule has 2 aromatic carbocycles. The maximum atomic E-state index is 13.6. The zero-order valence-corrected chi connectivity index (χ0v) is 18.8. The summed E-state index contributed by atoms with van der Waals surface area (Å²) in [6, 6.07) is 14.9. The number of nitrogens with one attached hydrogen (secondary N) is 1. The molecule has 0 aliphatic carbocycles. The van der Waals surface area contributed by atoms with Crippen molar-refractivity contribution in [3.05, 3.63) is 54.1 Å². The number of benzene rings is 2. The number of methoxy groups -OCH3 is 2. The fourth-order valence-corrected chi connectivity index (χ4v) is 4.78. The Morgan fingerprint density at radius 1 is 0.969 bits per heavy atom. The van der Waals surface area contributed by atoms with Crippen molar-refractivity contribution in [2.75, 3.05) is 39.2 Å². The van der Waals surface area contributed by atoms with Crippen LogP contribution in [0.4, 0.5) is 10.5 Å². The van der Waals surface area contributed by atoms with E-state index in [9.17, 15) is 9.59 Å². The highest BCUT2D eigenvalue weighted by Gasteiger charge is 2.37. The minimum absolute atomic E-state index is 0.0407. The number of likely N-dealkylation sites (tertiary alicyclic amines) is 2. The maximum Gasteiger partial charge on any atom is 0.321 e. The summed E-state index contributed by atoms with van der Waals surface area (Å²) < 4.78 is 11.0. The Hall–Kier alpha value is -3.22. The number of urea groups is 1. The normalized spacial score (nSPS) is 20.7. The first-order valence-corrected chi connectivity index (χ1v) is 11.2. The molecule has 7 heteroatoms. The quantitative estimate of drug-likeness (QED) is 0.757. The monoisotopic (exact) mass is 437 g/mol. The summed E-state index contributed by atoms with van der Waals surface area (Å²) in [6.07, 6.45) is 3.45. The molecule has 0 radical (unpaired) electrons. The van der Waals surface area contributed by atoms with E-state index in [2.05, 4.69) is 5.32 Å². The Kier molecular flexibility index (Phi) is 6.83. The van der Waals surface area contributed by atoms with Crippen LogP contribution in [0.2, 0.25) is 0 Å². The van der Waals surface area contributed by atoms with Gasteiger partial charge in [-0.1, -0.05) is 18.2 Å². The van der Waals surface area contributed by atoms with Gasteiger partial charge in [0, 0.05) is 30.9 Å². The van der Waals surface area contributed by atoms with E-state index >= 15 is 0 Å². The summed E-state index contributed by atoms with van der Waals surface area (Å²) in [7, 11) is 3.29. The van der Waals surface area contributed by atoms with Gasteiger partial charge in [-0.15, -0.1) is 0 Å². The molecule has 0 saturated carbocycles. The third-order valence-corrected chi connectivity index (χ3v) is 6.41. The standard InChI is InChI=1S/C25H31N3O4/c1-31-20-12-13-23(32-2)21(16-20)22-11-7-15-28(22)24(29)18-8-6-14-27(17-18)25(30)26-19-9-4-3-5-10-19/h3-5,9-10,12-13,16,18,22H,6-8,11,14-15,17H2,1-2H3,(H,26,30). The number of para-hydroxylation sites is 1. The van der Waals surface area contributed by atoms with Crippen LogP contribution in [0.15, 0.2) is 48.5 Å². The van der Waals surface area contributed by atoms with Crippen LogP contribution >= 0.6 is 0 Å². The van der Waals surface area contributed by atoms with E-state index in [1.54, 1.807) is 19.1 Å². The average Bonchev–Trinajstić information content (AvgIpc) is 3.33. The first-order chi connectivity index (χ1) is 15.6. The first kappa shape index (κ1) is 22.0. The lowest BCUT2D eigenvalue weighted by Crippen LogP contribution is -2.47. The predicted octanol–water partition coefficient (Wildman–Crippen LogP) is 4.31. The van der Waals surface area contributed by atoms with Crippen LogP contribution in [0.3, 0.4) is 0 Å². The summed E-state index contributed by atoms with van der Waals surface area (Å²) in [4.78, 5) is 30.0. The van der Waals surface area contributed by atoms with Crippen LogP contribution in [0.1, 0.15) is 37.3 Å². The summed E-state index contributed by atoms with van der Waals surface area (Å²) in [5.41, 5.74) is 1.74. The van der Waals surface area contributed by atoms with Gasteiger partial charge in [0.15, 0.2) is 0 Å². The lowest BCUT2D eigenvalue weighted by atomic mass is 9.95. The zero-order chi connectivity index (χ0) is 22.5. The highest BCUT2D eigenvalue weighted by Crippen LogP contribution is 2.40. The molecule has 170 valence electrons. The number of ether oxygens (including phenoxy) is 2. The number of carbonyl (C=O) groups is 2. The van der Waals surface area contributed by atoms with E-state index < -0.39 is 0 Å². The average molecular weight is 438 g/mol. The molecule has 2 aromatic rings. The highest BCUT2D eigenvalue weighted by atomic mass is 16.5. The van der Waals surface area contributed by atoms with Gasteiger partial charge in [0.25, 0.3) is 0 Å². The topological polar surface area (TPSA) is 71.1 Å². The number of hydrogen-bond acceptors (Lipinski definition) is 4. The van der Waals surface area contributed by atoms with Crippen LogP contribution in [-0.4, -0.2) is 55.6 Å². The van der Waals surface area contributed by atoms with Gasteiger partial charge in [0.1, 0.15) is 11.5 Å². The SMILES string of the molecule is COc1ccc(OC)c(C2CCCN2C(=O)C2CCCN(C(=O)Nc3ccccc3)C2)c1. The number of nitrogens with zero attached hydrogens (tertiary/aromatic N) is 2. The van der Waals surface area contributed by atoms with Crippen LogP contribution in [0.25, 0.3) is 0 Å². The predicted molar refractivity (Wildman–Crippen MR) is 123 cm³/mol. The van der Waals surface area contributed by atoms with Crippen LogP contribution in [-0.2, 0) is 4.79 Å². The largest absolute Gasteiger partial charge is 0.497 e. The molecule has 2 unspecified atom stereocenters. The van der Waals surface area contributed by atoms with Gasteiger partial charge >= 0.3 is 6.03 Å². The molecule has 1 N–H and O–H groups in total. The number of rotatable bonds is 5. The minimum Gasteiger partial charge on any atom is -0.497 e. The number of anilines is 1. The van der Waals surface area contributed by atoms with E-state index in [0.717, 1.165) is 55.0 Å². The second-order valence-corrected chi connectivity index (χ2v) is 8.38. The van der Waals surface area contributed by atoms with Crippen molar-refractivity contribution in [2.45, 2.75) is 31.7 Å². The molecule has 2 atom stereocenters. The number of hydrogen-bond donors (Lipinski definition) is 1. The van der Waals surface area contributed by atoms with Crippen molar-refractivity contribution >= 4 is 17.6 Å². The van der Waals surface area contributed by atoms with Crippen molar-refractivity contribution in [3.8, 4) is 11.5 Å². The van der Waals surface area contributed by atoms with Gasteiger partial charge in [-0.3, -0.25) is 4.79 Å². The number of amides is 3. The Bertz CT molecular complexity index is 949. The summed E-state index contributed by atoms with van der Waals surface area (Å²) in [5, 5.41) is 2.93. The summed E-state index contributed by atoms with van der Waals surface area (Å²) in [6.45, 7) is 1.82. The molecular weight excluding hydrogens is 406 g/mol. The molecule has 2 heterocycles. The van der Waals surface area contributed by atoms with E-state index in [1.807, 2.05) is 53.4 Å². The van der Waals surface area contributed by atoms with Crippen molar-refractivity contribution in [1.29, 1.82) is 0 Å². The van der Waals surface area contributed by atoms with E-state index in [0.29, 0.717) is 13.1 Å². The molecule has 3 amide bonds. The molecule has 32 heavy (non-hydrogen) atoms. The molecule has 0 aromatic heterocycles. The lowest BCUT2D eigenvalue weighted by Gasteiger charge is -2.36. The lowest BCUT2D eigenvalue weighted by molar-refractivity contribution is -0.137. The molecule has 4 rings (SSSR count). The van der Waals surface area contributed by atoms with Crippen LogP contribution in [0, 0.1) is 5.92 Å². The summed E-state index contributed by atoms with van der Waals surface area (Å²) >= 11 is 0. The zero-order valence-electron chi connectivity index (χ0n) is 18.8. The smallest absolute Gasteiger partial charge is 0.321 e. The van der Waals surface area contributed by atoms with Gasteiger partial charge in [0.2, 0.25) is 5.91 Å². The Morgan fingerprint density at radius 3 is 2.50 bits per heavy atom. The van der Waals surface area contributed by atoms with Gasteiger partial charge in [0.05, 0.1) is 26.2 Å². The fourth-order valence-electron chi connectivity index (χ4n) is 4.78. The molecule has 0 spiro atoms. The van der Waals surface area contributed by atoms with Crippen LogP contribution < -0.4 is 14.8 Å². The van der Waals surface area contributed by atoms with E-state index in [-0.39, 0.29) is 23.9 Å². The number of carbonyl (C=O) groups excluding carboxylic acids is 2. The molecule has 0 bridgehead atoms. The van der Waals surface area contributed by atoms with Gasteiger partial charge in [-0.25, -0.2) is 4.79 Å². The highest BCUT2D eigenvalue weighted by molar-refractivity contribution is 5.90. The molecule has 2 aliphatic heterocycles. The molecular formula is C25H31N3O4. The molecule has 2 aliphatic rings. The maximum absolute atomic E-state index is 13.6. The number of piperidine rings is 1. The van der Waals surface area contributed by atoms with Gasteiger partial charge < -0.3 is 24.6 Å². The fraction of sp³-hybridized carbons (Fsp3) is 0.440. The van der Waals surface area contributed by atoms with E-state index in [1.165, 1.54) is 0 Å². The van der Waals surface area contributed by atoms with Gasteiger partial charge in [-0.2, -0.15) is 0 Å². The van der Waals surface area contributed by atoms with Crippen molar-refractivity contribution in [2.24, 2.45) is 5.92 Å². The van der Waals surface area contributed by atoms with Crippen LogP contribution in [0.5, 0.6) is 11.5 Å². The molecule has 2 saturated heterocycles. The van der Waals surface area contributed by atoms with E-state index in [4.69, 9.17) is 9.47 Å². The van der Waals surface area contributed by atoms with Crippen molar-refractivity contribution < 1.29 is 19.1 Å². The minimum atomic E-state index is -0.192. The Balaban J connectivity index is 1.47. The second-order valence-electron chi connectivity index (χ2n) is 8.38. The van der Waals surface area contributed by atoms with Gasteiger partial charge in [-0.05, 0) is 56.0 Å². The molecule has 2 fully saturated rings. The first-order valence-electron chi connectivity index (χ1n) is 11.2. The third-order valence-electron chi connectivity index (χ3n) is 6.41. The van der Waals surface area contributed by atoms with Crippen molar-refractivity contribution in [1.82, 2.24) is 9.80 Å². The Labute approximate surface area is 189 Å².